The Morgan fingerprint density at radius 1 is 0.382 bits per heavy atom. The van der Waals surface area contributed by atoms with E-state index in [-0.39, 0.29) is 5.41 Å². The van der Waals surface area contributed by atoms with Gasteiger partial charge in [-0.05, 0) is 73.6 Å². The number of fused-ring (bicyclic) bond motifs is 8. The highest BCUT2D eigenvalue weighted by Gasteiger charge is 2.37. The second kappa shape index (κ2) is 12.0. The van der Waals surface area contributed by atoms with E-state index >= 15 is 0 Å². The van der Waals surface area contributed by atoms with Crippen LogP contribution in [0.15, 0.2) is 164 Å². The molecule has 0 unspecified atom stereocenters. The van der Waals surface area contributed by atoms with Crippen LogP contribution >= 0.6 is 0 Å². The highest BCUT2D eigenvalue weighted by molar-refractivity contribution is 6.08. The third-order valence-corrected chi connectivity index (χ3v) is 11.2. The summed E-state index contributed by atoms with van der Waals surface area (Å²) < 4.78 is 13.5. The summed E-state index contributed by atoms with van der Waals surface area (Å²) in [7, 11) is 0. The monoisotopic (exact) mass is 707 g/mol. The minimum atomic E-state index is -0.144. The molecule has 2 aliphatic rings. The normalized spacial score (nSPS) is 13.3. The molecule has 1 aromatic heterocycles. The first kappa shape index (κ1) is 31.4. The zero-order valence-corrected chi connectivity index (χ0v) is 30.2. The molecule has 0 saturated heterocycles. The summed E-state index contributed by atoms with van der Waals surface area (Å²) in [4.78, 5) is 15.4. The molecule has 2 heterocycles. The number of ether oxygens (including phenoxy) is 2. The fourth-order valence-electron chi connectivity index (χ4n) is 8.42. The van der Waals surface area contributed by atoms with E-state index in [9.17, 15) is 0 Å². The van der Waals surface area contributed by atoms with Gasteiger partial charge in [0.05, 0.1) is 0 Å². The van der Waals surface area contributed by atoms with Crippen LogP contribution in [0.1, 0.15) is 25.0 Å². The van der Waals surface area contributed by atoms with E-state index < -0.39 is 0 Å². The van der Waals surface area contributed by atoms with E-state index in [0.29, 0.717) is 34.7 Å². The van der Waals surface area contributed by atoms with Crippen molar-refractivity contribution >= 4 is 21.5 Å². The SMILES string of the molecule is CC1(C)c2ccccc2-c2cc3c(cc21)Oc1cccc(-c2ccccc2-c2nc(-c4ccccc4)nc(-c4ccc5c(ccc6ccccc65)c4)n2)c1O3. The van der Waals surface area contributed by atoms with Gasteiger partial charge < -0.3 is 9.47 Å². The fourth-order valence-corrected chi connectivity index (χ4v) is 8.42. The standard InChI is InChI=1S/C50H33N3O2/c1-50(2)41-21-11-10-18-37(41)40-28-44-45(29-42(40)50)54-43-22-12-20-38(46(43)55-44)36-17-8-9-19-39(36)49-52-47(31-14-4-3-5-15-31)51-48(53-49)33-25-26-35-32(27-33)24-23-30-13-6-7-16-34(30)35/h3-29H,1-2H3. The summed E-state index contributed by atoms with van der Waals surface area (Å²) in [5.41, 5.74) is 9.33. The maximum atomic E-state index is 6.84. The van der Waals surface area contributed by atoms with Crippen molar-refractivity contribution in [2.45, 2.75) is 19.3 Å². The van der Waals surface area contributed by atoms with Crippen molar-refractivity contribution in [2.75, 3.05) is 0 Å². The zero-order chi connectivity index (χ0) is 36.7. The number of rotatable bonds is 4. The van der Waals surface area contributed by atoms with Gasteiger partial charge in [0.1, 0.15) is 0 Å². The maximum Gasteiger partial charge on any atom is 0.177 e. The average Bonchev–Trinajstić information content (AvgIpc) is 3.46. The molecular weight excluding hydrogens is 675 g/mol. The van der Waals surface area contributed by atoms with Gasteiger partial charge in [-0.3, -0.25) is 0 Å². The molecule has 5 heteroatoms. The predicted octanol–water partition coefficient (Wildman–Crippen LogP) is 13.1. The molecule has 11 rings (SSSR count). The maximum absolute atomic E-state index is 6.84. The Morgan fingerprint density at radius 3 is 1.91 bits per heavy atom. The first-order valence-electron chi connectivity index (χ1n) is 18.6. The highest BCUT2D eigenvalue weighted by atomic mass is 16.6. The topological polar surface area (TPSA) is 57.1 Å². The zero-order valence-electron chi connectivity index (χ0n) is 30.2. The van der Waals surface area contributed by atoms with Crippen LogP contribution in [0.2, 0.25) is 0 Å². The third kappa shape index (κ3) is 4.97. The van der Waals surface area contributed by atoms with E-state index in [4.69, 9.17) is 24.4 Å². The van der Waals surface area contributed by atoms with Crippen molar-refractivity contribution in [1.29, 1.82) is 0 Å². The minimum absolute atomic E-state index is 0.144. The van der Waals surface area contributed by atoms with Crippen molar-refractivity contribution in [3.8, 4) is 79.4 Å². The van der Waals surface area contributed by atoms with Gasteiger partial charge in [0.25, 0.3) is 0 Å². The lowest BCUT2D eigenvalue weighted by Crippen LogP contribution is -2.15. The van der Waals surface area contributed by atoms with Crippen LogP contribution in [-0.4, -0.2) is 15.0 Å². The first-order valence-corrected chi connectivity index (χ1v) is 18.6. The Balaban J connectivity index is 1.05. The summed E-state index contributed by atoms with van der Waals surface area (Å²) in [6, 6.07) is 56.6. The molecule has 5 nitrogen and oxygen atoms in total. The lowest BCUT2D eigenvalue weighted by atomic mass is 9.82. The molecule has 260 valence electrons. The van der Waals surface area contributed by atoms with E-state index in [0.717, 1.165) is 39.0 Å². The summed E-state index contributed by atoms with van der Waals surface area (Å²) in [6.07, 6.45) is 0. The van der Waals surface area contributed by atoms with Gasteiger partial charge in [0, 0.05) is 27.7 Å². The second-order valence-corrected chi connectivity index (χ2v) is 14.8. The predicted molar refractivity (Wildman–Crippen MR) is 221 cm³/mol. The van der Waals surface area contributed by atoms with Crippen LogP contribution in [0.3, 0.4) is 0 Å². The van der Waals surface area contributed by atoms with Gasteiger partial charge in [0.15, 0.2) is 40.5 Å². The Labute approximate surface area is 318 Å². The molecule has 0 saturated carbocycles. The van der Waals surface area contributed by atoms with Crippen molar-refractivity contribution in [3.63, 3.8) is 0 Å². The lowest BCUT2D eigenvalue weighted by molar-refractivity contribution is 0.360. The van der Waals surface area contributed by atoms with Crippen molar-refractivity contribution in [1.82, 2.24) is 15.0 Å². The van der Waals surface area contributed by atoms with Gasteiger partial charge >= 0.3 is 0 Å². The molecule has 0 N–H and O–H groups in total. The van der Waals surface area contributed by atoms with E-state index in [2.05, 4.69) is 123 Å². The van der Waals surface area contributed by atoms with Crippen molar-refractivity contribution in [2.24, 2.45) is 0 Å². The van der Waals surface area contributed by atoms with Crippen molar-refractivity contribution in [3.05, 3.63) is 175 Å². The molecule has 0 amide bonds. The van der Waals surface area contributed by atoms with Gasteiger partial charge in [-0.2, -0.15) is 0 Å². The van der Waals surface area contributed by atoms with Crippen LogP contribution in [0.25, 0.3) is 78.0 Å². The molecule has 0 radical (unpaired) electrons. The molecule has 8 aromatic carbocycles. The fraction of sp³-hybridized carbons (Fsp3) is 0.0600. The van der Waals surface area contributed by atoms with Crippen LogP contribution < -0.4 is 9.47 Å². The summed E-state index contributed by atoms with van der Waals surface area (Å²) >= 11 is 0. The van der Waals surface area contributed by atoms with Crippen molar-refractivity contribution < 1.29 is 9.47 Å². The highest BCUT2D eigenvalue weighted by Crippen LogP contribution is 2.56. The van der Waals surface area contributed by atoms with E-state index in [1.807, 2.05) is 54.6 Å². The van der Waals surface area contributed by atoms with Gasteiger partial charge in [0.2, 0.25) is 0 Å². The number of benzene rings is 8. The van der Waals surface area contributed by atoms with Crippen LogP contribution in [0, 0.1) is 0 Å². The molecule has 9 aromatic rings. The summed E-state index contributed by atoms with van der Waals surface area (Å²) in [5.74, 6) is 4.52. The smallest absolute Gasteiger partial charge is 0.177 e. The van der Waals surface area contributed by atoms with Crippen LogP contribution in [-0.2, 0) is 5.41 Å². The number of hydrogen-bond acceptors (Lipinski definition) is 5. The van der Waals surface area contributed by atoms with Gasteiger partial charge in [-0.25, -0.2) is 15.0 Å². The number of aromatic nitrogens is 3. The molecule has 0 bridgehead atoms. The largest absolute Gasteiger partial charge is 0.449 e. The molecular formula is C50H33N3O2. The van der Waals surface area contributed by atoms with Gasteiger partial charge in [-0.1, -0.05) is 153 Å². The second-order valence-electron chi connectivity index (χ2n) is 14.8. The minimum Gasteiger partial charge on any atom is -0.449 e. The Bertz CT molecular complexity index is 3020. The number of hydrogen-bond donors (Lipinski definition) is 0. The molecule has 1 aliphatic carbocycles. The number of para-hydroxylation sites is 1. The molecule has 1 aliphatic heterocycles. The molecule has 0 fully saturated rings. The Kier molecular flexibility index (Phi) is 6.83. The van der Waals surface area contributed by atoms with Gasteiger partial charge in [-0.15, -0.1) is 0 Å². The van der Waals surface area contributed by atoms with E-state index in [1.165, 1.54) is 38.4 Å². The van der Waals surface area contributed by atoms with E-state index in [1.54, 1.807) is 0 Å². The lowest BCUT2D eigenvalue weighted by Gasteiger charge is -2.26. The Morgan fingerprint density at radius 2 is 1.04 bits per heavy atom. The average molecular weight is 708 g/mol. The van der Waals surface area contributed by atoms with Crippen LogP contribution in [0.5, 0.6) is 23.0 Å². The molecule has 0 spiro atoms. The molecule has 55 heavy (non-hydrogen) atoms. The summed E-state index contributed by atoms with van der Waals surface area (Å²) in [5, 5.41) is 4.76. The summed E-state index contributed by atoms with van der Waals surface area (Å²) in [6.45, 7) is 4.54. The molecule has 0 atom stereocenters. The Hall–Kier alpha value is -7.11. The quantitative estimate of drug-likeness (QED) is 0.170. The third-order valence-electron chi connectivity index (χ3n) is 11.2. The number of nitrogens with zero attached hydrogens (tertiary/aromatic N) is 3. The van der Waals surface area contributed by atoms with Crippen LogP contribution in [0.4, 0.5) is 0 Å². The first-order chi connectivity index (χ1) is 27.0.